The number of hydrogen-bond donors (Lipinski definition) is 3. The SMILES string of the molecule is CC(=O)N[C@H]1COC2(CC2O)[C@H](O)C1=O. The van der Waals surface area contributed by atoms with Gasteiger partial charge in [-0.05, 0) is 0 Å². The molecular formula is C9H13NO5. The van der Waals surface area contributed by atoms with Gasteiger partial charge in [-0.25, -0.2) is 0 Å². The van der Waals surface area contributed by atoms with Gasteiger partial charge in [0.05, 0.1) is 12.7 Å². The Labute approximate surface area is 86.2 Å². The lowest BCUT2D eigenvalue weighted by Gasteiger charge is -2.32. The molecule has 2 aliphatic rings. The third-order valence-corrected chi connectivity index (χ3v) is 2.89. The van der Waals surface area contributed by atoms with Crippen LogP contribution in [0.3, 0.4) is 0 Å². The maximum Gasteiger partial charge on any atom is 0.217 e. The number of ether oxygens (including phenoxy) is 1. The molecule has 1 amide bonds. The molecule has 0 aromatic carbocycles. The first kappa shape index (κ1) is 10.5. The summed E-state index contributed by atoms with van der Waals surface area (Å²) in [6.07, 6.45) is -1.86. The lowest BCUT2D eigenvalue weighted by atomic mass is 9.98. The van der Waals surface area contributed by atoms with Crippen molar-refractivity contribution in [3.05, 3.63) is 0 Å². The quantitative estimate of drug-likeness (QED) is 0.468. The smallest absolute Gasteiger partial charge is 0.217 e. The van der Waals surface area contributed by atoms with Crippen molar-refractivity contribution in [2.75, 3.05) is 6.61 Å². The van der Waals surface area contributed by atoms with Crippen LogP contribution in [0.1, 0.15) is 13.3 Å². The van der Waals surface area contributed by atoms with E-state index in [9.17, 15) is 19.8 Å². The molecule has 1 spiro atoms. The van der Waals surface area contributed by atoms with Gasteiger partial charge in [-0.3, -0.25) is 9.59 Å². The summed E-state index contributed by atoms with van der Waals surface area (Å²) in [6.45, 7) is 1.29. The Morgan fingerprint density at radius 2 is 2.20 bits per heavy atom. The highest BCUT2D eigenvalue weighted by molar-refractivity contribution is 5.93. The molecule has 4 atom stereocenters. The number of carbonyl (C=O) groups excluding carboxylic acids is 2. The fourth-order valence-electron chi connectivity index (χ4n) is 1.88. The van der Waals surface area contributed by atoms with E-state index in [1.165, 1.54) is 6.92 Å². The zero-order chi connectivity index (χ0) is 11.2. The number of carbonyl (C=O) groups is 2. The van der Waals surface area contributed by atoms with Gasteiger partial charge in [0, 0.05) is 13.3 Å². The van der Waals surface area contributed by atoms with Crippen LogP contribution in [0, 0.1) is 0 Å². The highest BCUT2D eigenvalue weighted by Gasteiger charge is 2.65. The Bertz CT molecular complexity index is 318. The first-order valence-electron chi connectivity index (χ1n) is 4.78. The second kappa shape index (κ2) is 3.26. The maximum absolute atomic E-state index is 11.6. The molecule has 2 fully saturated rings. The van der Waals surface area contributed by atoms with Crippen LogP contribution < -0.4 is 5.32 Å². The van der Waals surface area contributed by atoms with Gasteiger partial charge in [0.1, 0.15) is 17.7 Å². The van der Waals surface area contributed by atoms with Crippen molar-refractivity contribution in [1.82, 2.24) is 5.32 Å². The highest BCUT2D eigenvalue weighted by Crippen LogP contribution is 2.45. The lowest BCUT2D eigenvalue weighted by Crippen LogP contribution is -2.58. The number of nitrogens with one attached hydrogen (secondary N) is 1. The number of Topliss-reactive ketones (excluding diaryl/α,β-unsaturated/α-hetero) is 1. The molecule has 1 saturated carbocycles. The molecule has 2 unspecified atom stereocenters. The summed E-state index contributed by atoms with van der Waals surface area (Å²) in [5.41, 5.74) is -1.11. The molecule has 1 heterocycles. The minimum absolute atomic E-state index is 0.00648. The van der Waals surface area contributed by atoms with Gasteiger partial charge in [0.15, 0.2) is 5.78 Å². The second-order valence-electron chi connectivity index (χ2n) is 4.04. The summed E-state index contributed by atoms with van der Waals surface area (Å²) in [7, 11) is 0. The molecule has 2 rings (SSSR count). The largest absolute Gasteiger partial charge is 0.390 e. The summed E-state index contributed by atoms with van der Waals surface area (Å²) < 4.78 is 5.25. The van der Waals surface area contributed by atoms with Gasteiger partial charge in [0.2, 0.25) is 5.91 Å². The van der Waals surface area contributed by atoms with Crippen LogP contribution in [0.4, 0.5) is 0 Å². The topological polar surface area (TPSA) is 95.9 Å². The maximum atomic E-state index is 11.6. The van der Waals surface area contributed by atoms with Crippen molar-refractivity contribution in [3.8, 4) is 0 Å². The van der Waals surface area contributed by atoms with E-state index in [4.69, 9.17) is 4.74 Å². The van der Waals surface area contributed by atoms with Crippen LogP contribution in [-0.2, 0) is 14.3 Å². The Balaban J connectivity index is 2.06. The number of amides is 1. The molecule has 1 aliphatic heterocycles. The first-order valence-corrected chi connectivity index (χ1v) is 4.78. The summed E-state index contributed by atoms with van der Waals surface area (Å²) in [5, 5.41) is 21.3. The molecular weight excluding hydrogens is 202 g/mol. The summed E-state index contributed by atoms with van der Waals surface area (Å²) in [6, 6.07) is -0.809. The molecule has 0 radical (unpaired) electrons. The molecule has 6 heteroatoms. The normalized spacial score (nSPS) is 44.2. The minimum Gasteiger partial charge on any atom is -0.390 e. The summed E-state index contributed by atoms with van der Waals surface area (Å²) in [5.74, 6) is -0.843. The zero-order valence-electron chi connectivity index (χ0n) is 8.27. The predicted molar refractivity (Wildman–Crippen MR) is 47.9 cm³/mol. The summed E-state index contributed by atoms with van der Waals surface area (Å²) >= 11 is 0. The Morgan fingerprint density at radius 3 is 2.67 bits per heavy atom. The number of aliphatic hydroxyl groups is 2. The predicted octanol–water partition coefficient (Wildman–Crippen LogP) is -2.05. The number of hydrogen-bond acceptors (Lipinski definition) is 5. The van der Waals surface area contributed by atoms with Crippen molar-refractivity contribution in [1.29, 1.82) is 0 Å². The molecule has 0 aromatic heterocycles. The van der Waals surface area contributed by atoms with Crippen LogP contribution in [0.15, 0.2) is 0 Å². The van der Waals surface area contributed by atoms with Gasteiger partial charge in [-0.15, -0.1) is 0 Å². The highest BCUT2D eigenvalue weighted by atomic mass is 16.5. The van der Waals surface area contributed by atoms with Gasteiger partial charge < -0.3 is 20.3 Å². The molecule has 15 heavy (non-hydrogen) atoms. The van der Waals surface area contributed by atoms with Crippen molar-refractivity contribution in [3.63, 3.8) is 0 Å². The van der Waals surface area contributed by atoms with Crippen molar-refractivity contribution >= 4 is 11.7 Å². The van der Waals surface area contributed by atoms with Crippen LogP contribution in [-0.4, -0.2) is 52.4 Å². The molecule has 3 N–H and O–H groups in total. The monoisotopic (exact) mass is 215 g/mol. The number of ketones is 1. The number of rotatable bonds is 1. The molecule has 0 bridgehead atoms. The minimum atomic E-state index is -1.35. The van der Waals surface area contributed by atoms with Crippen LogP contribution in [0.2, 0.25) is 0 Å². The van der Waals surface area contributed by atoms with E-state index in [1.54, 1.807) is 0 Å². The van der Waals surface area contributed by atoms with E-state index in [-0.39, 0.29) is 18.9 Å². The third-order valence-electron chi connectivity index (χ3n) is 2.89. The third kappa shape index (κ3) is 1.54. The lowest BCUT2D eigenvalue weighted by molar-refractivity contribution is -0.162. The standard InChI is InChI=1S/C9H13NO5/c1-4(11)10-5-3-15-9(2-6(9)12)8(14)7(5)13/h5-6,8,12,14H,2-3H2,1H3,(H,10,11)/t5-,6?,8+,9?/m0/s1. The van der Waals surface area contributed by atoms with E-state index in [0.717, 1.165) is 0 Å². The van der Waals surface area contributed by atoms with Gasteiger partial charge in [-0.1, -0.05) is 0 Å². The van der Waals surface area contributed by atoms with Crippen molar-refractivity contribution < 1.29 is 24.5 Å². The fraction of sp³-hybridized carbons (Fsp3) is 0.778. The molecule has 1 saturated heterocycles. The van der Waals surface area contributed by atoms with E-state index in [0.29, 0.717) is 0 Å². The van der Waals surface area contributed by atoms with E-state index >= 15 is 0 Å². The van der Waals surface area contributed by atoms with Gasteiger partial charge >= 0.3 is 0 Å². The van der Waals surface area contributed by atoms with Crippen LogP contribution >= 0.6 is 0 Å². The van der Waals surface area contributed by atoms with Gasteiger partial charge in [-0.2, -0.15) is 0 Å². The Hall–Kier alpha value is -0.980. The molecule has 6 nitrogen and oxygen atoms in total. The molecule has 1 aliphatic carbocycles. The fourth-order valence-corrected chi connectivity index (χ4v) is 1.88. The molecule has 84 valence electrons. The van der Waals surface area contributed by atoms with Crippen molar-refractivity contribution in [2.45, 2.75) is 37.2 Å². The second-order valence-corrected chi connectivity index (χ2v) is 4.04. The van der Waals surface area contributed by atoms with Crippen LogP contribution in [0.5, 0.6) is 0 Å². The Morgan fingerprint density at radius 1 is 1.60 bits per heavy atom. The zero-order valence-corrected chi connectivity index (χ0v) is 8.27. The van der Waals surface area contributed by atoms with Gasteiger partial charge in [0.25, 0.3) is 0 Å². The summed E-state index contributed by atoms with van der Waals surface area (Å²) in [4.78, 5) is 22.4. The Kier molecular flexibility index (Phi) is 2.29. The molecule has 0 aromatic rings. The first-order chi connectivity index (χ1) is 6.97. The number of aliphatic hydroxyl groups excluding tert-OH is 2. The van der Waals surface area contributed by atoms with Crippen molar-refractivity contribution in [2.24, 2.45) is 0 Å². The van der Waals surface area contributed by atoms with E-state index in [2.05, 4.69) is 5.32 Å². The average molecular weight is 215 g/mol. The van der Waals surface area contributed by atoms with E-state index < -0.39 is 29.6 Å². The average Bonchev–Trinajstić information content (AvgIpc) is 2.80. The van der Waals surface area contributed by atoms with E-state index in [1.807, 2.05) is 0 Å². The van der Waals surface area contributed by atoms with Crippen LogP contribution in [0.25, 0.3) is 0 Å².